The fourth-order valence-corrected chi connectivity index (χ4v) is 2.33. The van der Waals surface area contributed by atoms with Gasteiger partial charge in [0.1, 0.15) is 5.75 Å². The molecule has 0 saturated heterocycles. The van der Waals surface area contributed by atoms with Gasteiger partial charge in [-0.15, -0.1) is 0 Å². The Kier molecular flexibility index (Phi) is 6.65. The van der Waals surface area contributed by atoms with E-state index in [1.165, 1.54) is 7.11 Å². The molecule has 0 atom stereocenters. The molecule has 2 rings (SSSR count). The molecule has 7 heteroatoms. The third kappa shape index (κ3) is 5.39. The molecule has 0 aliphatic carbocycles. The zero-order chi connectivity index (χ0) is 18.2. The van der Waals surface area contributed by atoms with E-state index in [2.05, 4.69) is 10.6 Å². The van der Waals surface area contributed by atoms with Crippen LogP contribution < -0.4 is 15.4 Å². The van der Waals surface area contributed by atoms with Crippen LogP contribution in [-0.4, -0.2) is 32.1 Å². The number of carbonyl (C=O) groups is 2. The number of hydrogen-bond acceptors (Lipinski definition) is 5. The van der Waals surface area contributed by atoms with E-state index in [4.69, 9.17) is 21.1 Å². The van der Waals surface area contributed by atoms with Gasteiger partial charge in [-0.05, 0) is 49.4 Å². The molecular weight excluding hydrogens is 344 g/mol. The predicted octanol–water partition coefficient (Wildman–Crippen LogP) is 3.58. The highest BCUT2D eigenvalue weighted by atomic mass is 35.5. The van der Waals surface area contributed by atoms with Crippen molar-refractivity contribution in [2.24, 2.45) is 0 Å². The Bertz CT molecular complexity index is 747. The summed E-state index contributed by atoms with van der Waals surface area (Å²) in [5, 5.41) is 6.17. The number of esters is 1. The normalized spacial score (nSPS) is 10.0. The number of ether oxygens (including phenoxy) is 2. The van der Waals surface area contributed by atoms with Gasteiger partial charge in [0.15, 0.2) is 0 Å². The maximum Gasteiger partial charge on any atom is 0.338 e. The monoisotopic (exact) mass is 362 g/mol. The van der Waals surface area contributed by atoms with E-state index in [0.717, 1.165) is 0 Å². The molecule has 132 valence electrons. The van der Waals surface area contributed by atoms with Crippen LogP contribution in [-0.2, 0) is 9.53 Å². The van der Waals surface area contributed by atoms with Crippen LogP contribution in [0.2, 0.25) is 5.02 Å². The number of methoxy groups -OCH3 is 1. The molecule has 0 aromatic heterocycles. The summed E-state index contributed by atoms with van der Waals surface area (Å²) < 4.78 is 9.98. The van der Waals surface area contributed by atoms with Gasteiger partial charge in [-0.1, -0.05) is 11.6 Å². The van der Waals surface area contributed by atoms with Gasteiger partial charge in [-0.2, -0.15) is 0 Å². The van der Waals surface area contributed by atoms with Gasteiger partial charge in [0, 0.05) is 11.4 Å². The standard InChI is InChI=1S/C18H19ClN2O4/c1-3-25-18(23)12-4-6-13(7-5-12)21-17(22)11-20-14-8-9-16(24-2)15(19)10-14/h4-10,20H,3,11H2,1-2H3,(H,21,22). The lowest BCUT2D eigenvalue weighted by Gasteiger charge is -2.10. The van der Waals surface area contributed by atoms with Crippen LogP contribution in [0.5, 0.6) is 5.75 Å². The molecular formula is C18H19ClN2O4. The van der Waals surface area contributed by atoms with E-state index in [9.17, 15) is 9.59 Å². The Morgan fingerprint density at radius 2 is 1.76 bits per heavy atom. The highest BCUT2D eigenvalue weighted by molar-refractivity contribution is 6.32. The van der Waals surface area contributed by atoms with Crippen molar-refractivity contribution in [3.8, 4) is 5.75 Å². The molecule has 0 unspecified atom stereocenters. The first kappa shape index (κ1) is 18.6. The largest absolute Gasteiger partial charge is 0.495 e. The lowest BCUT2D eigenvalue weighted by atomic mass is 10.2. The SMILES string of the molecule is CCOC(=O)c1ccc(NC(=O)CNc2ccc(OC)c(Cl)c2)cc1. The zero-order valence-corrected chi connectivity index (χ0v) is 14.7. The van der Waals surface area contributed by atoms with E-state index in [1.807, 2.05) is 0 Å². The second kappa shape index (κ2) is 8.94. The van der Waals surface area contributed by atoms with Crippen molar-refractivity contribution in [3.05, 3.63) is 53.1 Å². The molecule has 0 radical (unpaired) electrons. The minimum absolute atomic E-state index is 0.0717. The summed E-state index contributed by atoms with van der Waals surface area (Å²) in [4.78, 5) is 23.6. The second-order valence-corrected chi connectivity index (χ2v) is 5.46. The third-order valence-electron chi connectivity index (χ3n) is 3.28. The Hall–Kier alpha value is -2.73. The maximum absolute atomic E-state index is 12.0. The minimum atomic E-state index is -0.390. The molecule has 0 spiro atoms. The van der Waals surface area contributed by atoms with E-state index < -0.39 is 5.97 Å². The number of nitrogens with one attached hydrogen (secondary N) is 2. The summed E-state index contributed by atoms with van der Waals surface area (Å²) in [7, 11) is 1.54. The van der Waals surface area contributed by atoms with Crippen molar-refractivity contribution < 1.29 is 19.1 Å². The first-order valence-corrected chi connectivity index (χ1v) is 8.05. The van der Waals surface area contributed by atoms with E-state index >= 15 is 0 Å². The summed E-state index contributed by atoms with van der Waals surface area (Å²) in [5.74, 6) is -0.0485. The van der Waals surface area contributed by atoms with Crippen LogP contribution in [0.15, 0.2) is 42.5 Å². The smallest absolute Gasteiger partial charge is 0.338 e. The Morgan fingerprint density at radius 1 is 1.08 bits per heavy atom. The molecule has 2 aromatic carbocycles. The predicted molar refractivity (Wildman–Crippen MR) is 97.5 cm³/mol. The fourth-order valence-electron chi connectivity index (χ4n) is 2.07. The van der Waals surface area contributed by atoms with E-state index in [-0.39, 0.29) is 12.5 Å². The number of carbonyl (C=O) groups excluding carboxylic acids is 2. The van der Waals surface area contributed by atoms with Crippen LogP contribution in [0, 0.1) is 0 Å². The lowest BCUT2D eigenvalue weighted by Crippen LogP contribution is -2.21. The Balaban J connectivity index is 1.87. The summed E-state index contributed by atoms with van der Waals surface area (Å²) in [5.41, 5.74) is 1.73. The van der Waals surface area contributed by atoms with Crippen LogP contribution in [0.25, 0.3) is 0 Å². The second-order valence-electron chi connectivity index (χ2n) is 5.05. The molecule has 1 amide bonds. The molecule has 6 nitrogen and oxygen atoms in total. The van der Waals surface area contributed by atoms with Gasteiger partial charge < -0.3 is 20.1 Å². The summed E-state index contributed by atoms with van der Waals surface area (Å²) in [6.45, 7) is 2.14. The molecule has 2 N–H and O–H groups in total. The first-order valence-electron chi connectivity index (χ1n) is 7.68. The summed E-state index contributed by atoms with van der Waals surface area (Å²) >= 11 is 6.03. The molecule has 0 aliphatic rings. The van der Waals surface area contributed by atoms with Crippen LogP contribution in [0.3, 0.4) is 0 Å². The number of anilines is 2. The highest BCUT2D eigenvalue weighted by Crippen LogP contribution is 2.27. The number of hydrogen-bond donors (Lipinski definition) is 2. The first-order chi connectivity index (χ1) is 12.0. The topological polar surface area (TPSA) is 76.7 Å². The highest BCUT2D eigenvalue weighted by Gasteiger charge is 2.08. The molecule has 0 fully saturated rings. The lowest BCUT2D eigenvalue weighted by molar-refractivity contribution is -0.114. The maximum atomic E-state index is 12.0. The number of benzene rings is 2. The van der Waals surface area contributed by atoms with Gasteiger partial charge in [0.2, 0.25) is 5.91 Å². The minimum Gasteiger partial charge on any atom is -0.495 e. The van der Waals surface area contributed by atoms with Crippen molar-refractivity contribution in [3.63, 3.8) is 0 Å². The average molecular weight is 363 g/mol. The average Bonchev–Trinajstić information content (AvgIpc) is 2.61. The van der Waals surface area contributed by atoms with Crippen molar-refractivity contribution in [2.45, 2.75) is 6.92 Å². The third-order valence-corrected chi connectivity index (χ3v) is 3.58. The van der Waals surface area contributed by atoms with Crippen LogP contribution in [0.1, 0.15) is 17.3 Å². The van der Waals surface area contributed by atoms with Crippen molar-refractivity contribution in [1.82, 2.24) is 0 Å². The van der Waals surface area contributed by atoms with Crippen molar-refractivity contribution >= 4 is 34.9 Å². The quantitative estimate of drug-likeness (QED) is 0.736. The van der Waals surface area contributed by atoms with Crippen molar-refractivity contribution in [2.75, 3.05) is 30.9 Å². The molecule has 0 bridgehead atoms. The van der Waals surface area contributed by atoms with Crippen LogP contribution in [0.4, 0.5) is 11.4 Å². The molecule has 0 saturated carbocycles. The van der Waals surface area contributed by atoms with Gasteiger partial charge in [0.05, 0.1) is 30.8 Å². The fraction of sp³-hybridized carbons (Fsp3) is 0.222. The molecule has 0 aliphatic heterocycles. The Morgan fingerprint density at radius 3 is 2.36 bits per heavy atom. The zero-order valence-electron chi connectivity index (χ0n) is 14.0. The Labute approximate surface area is 151 Å². The van der Waals surface area contributed by atoms with Crippen LogP contribution >= 0.6 is 11.6 Å². The van der Waals surface area contributed by atoms with Gasteiger partial charge in [-0.25, -0.2) is 4.79 Å². The summed E-state index contributed by atoms with van der Waals surface area (Å²) in [6.07, 6.45) is 0. The van der Waals surface area contributed by atoms with Gasteiger partial charge in [-0.3, -0.25) is 4.79 Å². The molecule has 0 heterocycles. The van der Waals surface area contributed by atoms with E-state index in [0.29, 0.717) is 34.3 Å². The van der Waals surface area contributed by atoms with Gasteiger partial charge >= 0.3 is 5.97 Å². The number of rotatable bonds is 7. The molecule has 25 heavy (non-hydrogen) atoms. The summed E-state index contributed by atoms with van der Waals surface area (Å²) in [6, 6.07) is 11.7. The number of halogens is 1. The molecule has 2 aromatic rings. The number of amides is 1. The van der Waals surface area contributed by atoms with E-state index in [1.54, 1.807) is 49.4 Å². The van der Waals surface area contributed by atoms with Gasteiger partial charge in [0.25, 0.3) is 0 Å². The van der Waals surface area contributed by atoms with Crippen molar-refractivity contribution in [1.29, 1.82) is 0 Å².